The first-order valence-electron chi connectivity index (χ1n) is 9.16. The number of benzene rings is 1. The second kappa shape index (κ2) is 10.1. The number of rotatable bonds is 7. The summed E-state index contributed by atoms with van der Waals surface area (Å²) in [7, 11) is 1.76. The van der Waals surface area contributed by atoms with Crippen molar-refractivity contribution in [3.8, 4) is 0 Å². The van der Waals surface area contributed by atoms with E-state index in [4.69, 9.17) is 0 Å². The number of amides is 1. The molecule has 1 amide bonds. The molecule has 27 heavy (non-hydrogen) atoms. The number of aliphatic imine (C=N–C) groups is 1. The average Bonchev–Trinajstić information content (AvgIpc) is 2.96. The highest BCUT2D eigenvalue weighted by Crippen LogP contribution is 2.16. The van der Waals surface area contributed by atoms with Crippen molar-refractivity contribution in [3.05, 3.63) is 45.4 Å². The molecule has 7 heteroatoms. The van der Waals surface area contributed by atoms with E-state index in [-0.39, 0.29) is 11.8 Å². The van der Waals surface area contributed by atoms with Crippen molar-refractivity contribution in [3.63, 3.8) is 0 Å². The molecule has 0 saturated heterocycles. The molecule has 0 saturated carbocycles. The van der Waals surface area contributed by atoms with E-state index in [1.165, 1.54) is 4.88 Å². The number of nitrogens with one attached hydrogen (secondary N) is 3. The van der Waals surface area contributed by atoms with Gasteiger partial charge in [0.05, 0.1) is 10.7 Å². The van der Waals surface area contributed by atoms with Gasteiger partial charge in [0, 0.05) is 43.0 Å². The normalized spacial score (nSPS) is 11.6. The van der Waals surface area contributed by atoms with Crippen molar-refractivity contribution >= 4 is 28.9 Å². The molecule has 0 spiro atoms. The minimum Gasteiger partial charge on any atom is -0.356 e. The van der Waals surface area contributed by atoms with E-state index in [9.17, 15) is 4.79 Å². The topological polar surface area (TPSA) is 78.4 Å². The average molecular weight is 388 g/mol. The molecule has 1 aromatic heterocycles. The quantitative estimate of drug-likeness (QED) is 0.503. The predicted molar refractivity (Wildman–Crippen MR) is 113 cm³/mol. The van der Waals surface area contributed by atoms with Crippen LogP contribution in [0.3, 0.4) is 0 Å². The lowest BCUT2D eigenvalue weighted by Crippen LogP contribution is -2.37. The van der Waals surface area contributed by atoms with Gasteiger partial charge in [-0.3, -0.25) is 9.79 Å². The second-order valence-corrected chi connectivity index (χ2v) is 7.98. The van der Waals surface area contributed by atoms with E-state index in [2.05, 4.69) is 32.9 Å². The summed E-state index contributed by atoms with van der Waals surface area (Å²) >= 11 is 1.75. The van der Waals surface area contributed by atoms with E-state index in [1.807, 2.05) is 45.0 Å². The van der Waals surface area contributed by atoms with Gasteiger partial charge in [0.25, 0.3) is 0 Å². The Morgan fingerprint density at radius 2 is 1.89 bits per heavy atom. The number of aryl methyl sites for hydroxylation is 2. The van der Waals surface area contributed by atoms with Gasteiger partial charge >= 0.3 is 0 Å². The van der Waals surface area contributed by atoms with Crippen LogP contribution in [0.4, 0.5) is 5.69 Å². The molecular formula is C20H29N5OS. The Labute approximate surface area is 165 Å². The minimum absolute atomic E-state index is 0.0242. The third-order valence-electron chi connectivity index (χ3n) is 4.13. The molecule has 6 nitrogen and oxygen atoms in total. The number of guanidine groups is 1. The molecule has 0 atom stereocenters. The number of anilines is 1. The lowest BCUT2D eigenvalue weighted by molar-refractivity contribution is -0.118. The van der Waals surface area contributed by atoms with Gasteiger partial charge in [-0.15, -0.1) is 11.3 Å². The molecule has 3 N–H and O–H groups in total. The summed E-state index contributed by atoms with van der Waals surface area (Å²) in [6, 6.07) is 7.83. The number of carbonyl (C=O) groups is 1. The Balaban J connectivity index is 1.77. The van der Waals surface area contributed by atoms with E-state index in [1.54, 1.807) is 18.4 Å². The first-order valence-corrected chi connectivity index (χ1v) is 9.98. The number of nitrogens with zero attached hydrogens (tertiary/aromatic N) is 2. The Morgan fingerprint density at radius 1 is 1.19 bits per heavy atom. The molecule has 0 bridgehead atoms. The maximum Gasteiger partial charge on any atom is 0.226 e. The zero-order valence-corrected chi connectivity index (χ0v) is 17.5. The van der Waals surface area contributed by atoms with Crippen LogP contribution in [0.1, 0.15) is 35.0 Å². The maximum atomic E-state index is 11.7. The summed E-state index contributed by atoms with van der Waals surface area (Å²) in [4.78, 5) is 21.8. The van der Waals surface area contributed by atoms with E-state index < -0.39 is 0 Å². The number of hydrogen-bond donors (Lipinski definition) is 3. The van der Waals surface area contributed by atoms with Crippen LogP contribution in [-0.2, 0) is 17.8 Å². The summed E-state index contributed by atoms with van der Waals surface area (Å²) in [5, 5.41) is 10.7. The summed E-state index contributed by atoms with van der Waals surface area (Å²) in [6.07, 6.45) is 0.879. The van der Waals surface area contributed by atoms with Gasteiger partial charge in [-0.2, -0.15) is 0 Å². The van der Waals surface area contributed by atoms with Crippen LogP contribution in [0, 0.1) is 19.8 Å². The summed E-state index contributed by atoms with van der Waals surface area (Å²) in [5.41, 5.74) is 3.05. The fourth-order valence-corrected chi connectivity index (χ4v) is 3.27. The fraction of sp³-hybridized carbons (Fsp3) is 0.450. The molecule has 2 rings (SSSR count). The van der Waals surface area contributed by atoms with Gasteiger partial charge in [-0.05, 0) is 31.5 Å². The van der Waals surface area contributed by atoms with Gasteiger partial charge in [0.15, 0.2) is 5.96 Å². The second-order valence-electron chi connectivity index (χ2n) is 6.69. The van der Waals surface area contributed by atoms with Crippen LogP contribution in [0.5, 0.6) is 0 Å². The molecule has 0 unspecified atom stereocenters. The van der Waals surface area contributed by atoms with Gasteiger partial charge < -0.3 is 16.0 Å². The Kier molecular flexibility index (Phi) is 7.79. The Morgan fingerprint density at radius 3 is 2.44 bits per heavy atom. The Bertz CT molecular complexity index is 761. The number of thiazole rings is 1. The molecule has 0 aliphatic carbocycles. The standard InChI is InChI=1S/C20H29N5OS/c1-13(2)19(26)25-17-8-6-16(7-9-17)12-23-20(21-5)22-11-10-18-24-14(3)15(4)27-18/h6-9,13H,10-12H2,1-5H3,(H,25,26)(H2,21,22,23). The first kappa shape index (κ1) is 20.9. The predicted octanol–water partition coefficient (Wildman–Crippen LogP) is 3.26. The van der Waals surface area contributed by atoms with Crippen LogP contribution < -0.4 is 16.0 Å². The van der Waals surface area contributed by atoms with Crippen LogP contribution in [0.15, 0.2) is 29.3 Å². The minimum atomic E-state index is -0.0297. The van der Waals surface area contributed by atoms with Crippen molar-refractivity contribution < 1.29 is 4.79 Å². The molecular weight excluding hydrogens is 358 g/mol. The monoisotopic (exact) mass is 387 g/mol. The highest BCUT2D eigenvalue weighted by molar-refractivity contribution is 7.11. The number of hydrogen-bond acceptors (Lipinski definition) is 4. The molecule has 0 aliphatic rings. The number of carbonyl (C=O) groups excluding carboxylic acids is 1. The lowest BCUT2D eigenvalue weighted by Gasteiger charge is -2.12. The van der Waals surface area contributed by atoms with Crippen LogP contribution >= 0.6 is 11.3 Å². The Hall–Kier alpha value is -2.41. The van der Waals surface area contributed by atoms with Gasteiger partial charge in [0.2, 0.25) is 5.91 Å². The SMILES string of the molecule is CN=C(NCCc1nc(C)c(C)s1)NCc1ccc(NC(=O)C(C)C)cc1. The third kappa shape index (κ3) is 6.67. The largest absolute Gasteiger partial charge is 0.356 e. The van der Waals surface area contributed by atoms with E-state index >= 15 is 0 Å². The van der Waals surface area contributed by atoms with Gasteiger partial charge in [0.1, 0.15) is 0 Å². The molecule has 146 valence electrons. The number of aromatic nitrogens is 1. The first-order chi connectivity index (χ1) is 12.9. The molecule has 0 radical (unpaired) electrons. The smallest absolute Gasteiger partial charge is 0.226 e. The molecule has 1 heterocycles. The molecule has 2 aromatic rings. The molecule has 0 aliphatic heterocycles. The highest BCUT2D eigenvalue weighted by Gasteiger charge is 2.07. The summed E-state index contributed by atoms with van der Waals surface area (Å²) in [5.74, 6) is 0.756. The van der Waals surface area contributed by atoms with Crippen molar-refractivity contribution in [2.45, 2.75) is 40.7 Å². The van der Waals surface area contributed by atoms with Gasteiger partial charge in [-0.1, -0.05) is 26.0 Å². The van der Waals surface area contributed by atoms with Crippen molar-refractivity contribution in [1.29, 1.82) is 0 Å². The van der Waals surface area contributed by atoms with Crippen LogP contribution in [0.25, 0.3) is 0 Å². The van der Waals surface area contributed by atoms with Crippen molar-refractivity contribution in [1.82, 2.24) is 15.6 Å². The maximum absolute atomic E-state index is 11.7. The van der Waals surface area contributed by atoms with E-state index in [0.29, 0.717) is 6.54 Å². The summed E-state index contributed by atoms with van der Waals surface area (Å²) in [6.45, 7) is 9.35. The van der Waals surface area contributed by atoms with E-state index in [0.717, 1.165) is 40.9 Å². The molecule has 1 aromatic carbocycles. The summed E-state index contributed by atoms with van der Waals surface area (Å²) < 4.78 is 0. The van der Waals surface area contributed by atoms with Gasteiger partial charge in [-0.25, -0.2) is 4.98 Å². The van der Waals surface area contributed by atoms with Crippen molar-refractivity contribution in [2.75, 3.05) is 18.9 Å². The zero-order valence-electron chi connectivity index (χ0n) is 16.7. The van der Waals surface area contributed by atoms with Crippen LogP contribution in [-0.4, -0.2) is 30.4 Å². The highest BCUT2D eigenvalue weighted by atomic mass is 32.1. The van der Waals surface area contributed by atoms with Crippen molar-refractivity contribution in [2.24, 2.45) is 10.9 Å². The molecule has 0 fully saturated rings. The zero-order chi connectivity index (χ0) is 19.8. The third-order valence-corrected chi connectivity index (χ3v) is 5.27. The lowest BCUT2D eigenvalue weighted by atomic mass is 10.1. The fourth-order valence-electron chi connectivity index (χ4n) is 2.33. The van der Waals surface area contributed by atoms with Crippen LogP contribution in [0.2, 0.25) is 0 Å².